The number of anilines is 2. The fraction of sp³-hybridized carbons (Fsp3) is 0.400. The summed E-state index contributed by atoms with van der Waals surface area (Å²) in [6, 6.07) is 8.76. The van der Waals surface area contributed by atoms with Crippen LogP contribution in [0.2, 0.25) is 0 Å². The maximum Gasteiger partial charge on any atom is 0.189 e. The van der Waals surface area contributed by atoms with Gasteiger partial charge in [0.1, 0.15) is 5.75 Å². The first kappa shape index (κ1) is 13.4. The van der Waals surface area contributed by atoms with Crippen LogP contribution in [0.3, 0.4) is 0 Å². The molecule has 0 spiro atoms. The van der Waals surface area contributed by atoms with E-state index in [0.29, 0.717) is 0 Å². The number of nitrogens with zero attached hydrogens (tertiary/aromatic N) is 2. The smallest absolute Gasteiger partial charge is 0.189 e. The van der Waals surface area contributed by atoms with E-state index in [4.69, 9.17) is 4.74 Å². The van der Waals surface area contributed by atoms with Crippen molar-refractivity contribution in [1.29, 1.82) is 0 Å². The van der Waals surface area contributed by atoms with Crippen LogP contribution in [0.4, 0.5) is 10.8 Å². The summed E-state index contributed by atoms with van der Waals surface area (Å²) in [5, 5.41) is 4.53. The minimum atomic E-state index is 0.736. The normalized spacial score (nSPS) is 14.3. The summed E-state index contributed by atoms with van der Waals surface area (Å²) in [4.78, 5) is 7.89. The average Bonchev–Trinajstić information content (AvgIpc) is 3.21. The van der Waals surface area contributed by atoms with Gasteiger partial charge in [-0.05, 0) is 37.1 Å². The Labute approximate surface area is 123 Å². The second-order valence-corrected chi connectivity index (χ2v) is 6.12. The summed E-state index contributed by atoms with van der Waals surface area (Å²) < 4.78 is 5.18. The molecule has 1 aliphatic rings. The van der Waals surface area contributed by atoms with Gasteiger partial charge in [0, 0.05) is 36.4 Å². The Morgan fingerprint density at radius 3 is 2.75 bits per heavy atom. The first-order chi connectivity index (χ1) is 9.76. The minimum absolute atomic E-state index is 0.736. The molecule has 1 heterocycles. The lowest BCUT2D eigenvalue weighted by molar-refractivity contribution is 0.415. The Morgan fingerprint density at radius 1 is 1.35 bits per heavy atom. The number of thiazole rings is 1. The molecule has 1 saturated carbocycles. The first-order valence-electron chi connectivity index (χ1n) is 6.82. The van der Waals surface area contributed by atoms with Gasteiger partial charge in [0.2, 0.25) is 0 Å². The van der Waals surface area contributed by atoms with Crippen LogP contribution in [0.1, 0.15) is 17.7 Å². The van der Waals surface area contributed by atoms with E-state index in [-0.39, 0.29) is 0 Å². The van der Waals surface area contributed by atoms with Crippen molar-refractivity contribution in [2.75, 3.05) is 19.1 Å². The van der Waals surface area contributed by atoms with Gasteiger partial charge >= 0.3 is 0 Å². The molecule has 0 amide bonds. The number of hydrogen-bond acceptors (Lipinski definition) is 5. The van der Waals surface area contributed by atoms with E-state index >= 15 is 0 Å². The van der Waals surface area contributed by atoms with Gasteiger partial charge < -0.3 is 15.0 Å². The van der Waals surface area contributed by atoms with E-state index in [1.807, 2.05) is 37.5 Å². The number of ether oxygens (including phenoxy) is 1. The van der Waals surface area contributed by atoms with Crippen LogP contribution in [0, 0.1) is 0 Å². The summed E-state index contributed by atoms with van der Waals surface area (Å²) in [6.07, 6.45) is 4.60. The third-order valence-electron chi connectivity index (χ3n) is 3.43. The quantitative estimate of drug-likeness (QED) is 0.886. The molecule has 1 N–H and O–H groups in total. The fourth-order valence-corrected chi connectivity index (χ4v) is 2.83. The molecule has 1 aromatic carbocycles. The predicted octanol–water partition coefficient (Wildman–Crippen LogP) is 3.17. The second-order valence-electron chi connectivity index (χ2n) is 5.02. The van der Waals surface area contributed by atoms with Crippen molar-refractivity contribution in [2.45, 2.75) is 25.4 Å². The highest BCUT2D eigenvalue weighted by Crippen LogP contribution is 2.29. The molecule has 5 heteroatoms. The molecule has 4 nitrogen and oxygen atoms in total. The molecule has 0 bridgehead atoms. The van der Waals surface area contributed by atoms with Gasteiger partial charge in [-0.2, -0.15) is 0 Å². The first-order valence-corrected chi connectivity index (χ1v) is 7.64. The van der Waals surface area contributed by atoms with Gasteiger partial charge in [0.15, 0.2) is 5.13 Å². The van der Waals surface area contributed by atoms with E-state index in [1.165, 1.54) is 17.7 Å². The van der Waals surface area contributed by atoms with Gasteiger partial charge in [-0.1, -0.05) is 0 Å². The highest BCUT2D eigenvalue weighted by Gasteiger charge is 2.20. The zero-order valence-electron chi connectivity index (χ0n) is 11.8. The monoisotopic (exact) mass is 289 g/mol. The van der Waals surface area contributed by atoms with Crippen molar-refractivity contribution in [3.05, 3.63) is 35.3 Å². The Bertz CT molecular complexity index is 563. The average molecular weight is 289 g/mol. The molecule has 0 radical (unpaired) electrons. The van der Waals surface area contributed by atoms with E-state index in [9.17, 15) is 0 Å². The highest BCUT2D eigenvalue weighted by molar-refractivity contribution is 7.15. The summed E-state index contributed by atoms with van der Waals surface area (Å²) in [5.41, 5.74) is 1.11. The summed E-state index contributed by atoms with van der Waals surface area (Å²) >= 11 is 1.74. The predicted molar refractivity (Wildman–Crippen MR) is 83.0 cm³/mol. The Morgan fingerprint density at radius 2 is 2.10 bits per heavy atom. The van der Waals surface area contributed by atoms with Gasteiger partial charge in [-0.3, -0.25) is 0 Å². The van der Waals surface area contributed by atoms with Crippen LogP contribution >= 0.6 is 11.3 Å². The molecule has 1 fully saturated rings. The number of nitrogens with one attached hydrogen (secondary N) is 1. The highest BCUT2D eigenvalue weighted by atomic mass is 32.1. The van der Waals surface area contributed by atoms with Crippen LogP contribution in [0.5, 0.6) is 5.75 Å². The third kappa shape index (κ3) is 3.11. The fourth-order valence-electron chi connectivity index (χ4n) is 1.98. The third-order valence-corrected chi connectivity index (χ3v) is 4.50. The maximum absolute atomic E-state index is 5.18. The van der Waals surface area contributed by atoms with Gasteiger partial charge in [0.25, 0.3) is 0 Å². The van der Waals surface area contributed by atoms with Crippen LogP contribution in [0.25, 0.3) is 0 Å². The molecule has 1 aliphatic carbocycles. The van der Waals surface area contributed by atoms with E-state index in [1.54, 1.807) is 18.4 Å². The Balaban J connectivity index is 1.66. The number of aromatic nitrogens is 1. The molecule has 3 rings (SSSR count). The zero-order valence-corrected chi connectivity index (χ0v) is 12.6. The molecule has 0 aliphatic heterocycles. The Kier molecular flexibility index (Phi) is 3.89. The van der Waals surface area contributed by atoms with E-state index in [2.05, 4.69) is 15.2 Å². The van der Waals surface area contributed by atoms with Crippen molar-refractivity contribution in [3.63, 3.8) is 0 Å². The molecule has 1 aromatic heterocycles. The standard InChI is InChI=1S/C15H19N3OS/c1-18(12-5-7-13(19-2)8-6-12)15-17-10-14(20-15)9-16-11-3-4-11/h5-8,10-11,16H,3-4,9H2,1-2H3. The molecule has 0 unspecified atom stereocenters. The largest absolute Gasteiger partial charge is 0.497 e. The number of benzene rings is 1. The van der Waals surface area contributed by atoms with Crippen LogP contribution in [-0.2, 0) is 6.54 Å². The summed E-state index contributed by atoms with van der Waals surface area (Å²) in [6.45, 7) is 0.929. The van der Waals surface area contributed by atoms with E-state index < -0.39 is 0 Å². The molecule has 106 valence electrons. The number of rotatable bonds is 6. The lowest BCUT2D eigenvalue weighted by atomic mass is 10.3. The molecule has 20 heavy (non-hydrogen) atoms. The van der Waals surface area contributed by atoms with Crippen molar-refractivity contribution >= 4 is 22.2 Å². The minimum Gasteiger partial charge on any atom is -0.497 e. The molecular formula is C15H19N3OS. The van der Waals surface area contributed by atoms with Crippen molar-refractivity contribution in [2.24, 2.45) is 0 Å². The lowest BCUT2D eigenvalue weighted by Gasteiger charge is -2.16. The SMILES string of the molecule is COc1ccc(N(C)c2ncc(CNC3CC3)s2)cc1. The molecule has 2 aromatic rings. The molecule has 0 saturated heterocycles. The Hall–Kier alpha value is -1.59. The topological polar surface area (TPSA) is 37.4 Å². The maximum atomic E-state index is 5.18. The van der Waals surface area contributed by atoms with Crippen molar-refractivity contribution < 1.29 is 4.74 Å². The summed E-state index contributed by atoms with van der Waals surface area (Å²) in [7, 11) is 3.72. The van der Waals surface area contributed by atoms with Crippen LogP contribution in [0.15, 0.2) is 30.5 Å². The molecular weight excluding hydrogens is 270 g/mol. The zero-order chi connectivity index (χ0) is 13.9. The van der Waals surface area contributed by atoms with Crippen LogP contribution in [-0.4, -0.2) is 25.2 Å². The van der Waals surface area contributed by atoms with Crippen LogP contribution < -0.4 is 15.0 Å². The van der Waals surface area contributed by atoms with Crippen molar-refractivity contribution in [3.8, 4) is 5.75 Å². The van der Waals surface area contributed by atoms with Gasteiger partial charge in [-0.25, -0.2) is 4.98 Å². The molecule has 0 atom stereocenters. The van der Waals surface area contributed by atoms with E-state index in [0.717, 1.165) is 29.2 Å². The van der Waals surface area contributed by atoms with Crippen molar-refractivity contribution in [1.82, 2.24) is 10.3 Å². The van der Waals surface area contributed by atoms with Gasteiger partial charge in [0.05, 0.1) is 7.11 Å². The van der Waals surface area contributed by atoms with Gasteiger partial charge in [-0.15, -0.1) is 11.3 Å². The number of methoxy groups -OCH3 is 1. The lowest BCUT2D eigenvalue weighted by Crippen LogP contribution is -2.14. The summed E-state index contributed by atoms with van der Waals surface area (Å²) in [5.74, 6) is 0.871. The second kappa shape index (κ2) is 5.81. The number of hydrogen-bond donors (Lipinski definition) is 1.